The van der Waals surface area contributed by atoms with Gasteiger partial charge in [-0.15, -0.1) is 0 Å². The van der Waals surface area contributed by atoms with E-state index in [1.54, 1.807) is 19.5 Å². The highest BCUT2D eigenvalue weighted by molar-refractivity contribution is 7.90. The maximum absolute atomic E-state index is 12.0. The molecule has 0 amide bonds. The number of rotatable bonds is 7. The van der Waals surface area contributed by atoms with Crippen molar-refractivity contribution >= 4 is 26.4 Å². The van der Waals surface area contributed by atoms with E-state index in [-0.39, 0.29) is 17.7 Å². The van der Waals surface area contributed by atoms with Gasteiger partial charge in [0.15, 0.2) is 5.82 Å². The summed E-state index contributed by atoms with van der Waals surface area (Å²) in [5.74, 6) is 2.14. The first-order valence-corrected chi connectivity index (χ1v) is 16.2. The van der Waals surface area contributed by atoms with Crippen LogP contribution in [-0.2, 0) is 9.84 Å². The van der Waals surface area contributed by atoms with Gasteiger partial charge in [-0.1, -0.05) is 0 Å². The van der Waals surface area contributed by atoms with Crippen molar-refractivity contribution in [3.8, 4) is 22.8 Å². The number of aromatic nitrogens is 5. The number of ether oxygens (including phenoxy) is 1. The molecule has 10 nitrogen and oxygen atoms in total. The van der Waals surface area contributed by atoms with E-state index in [2.05, 4.69) is 40.9 Å². The van der Waals surface area contributed by atoms with E-state index in [1.165, 1.54) is 6.26 Å². The lowest BCUT2D eigenvalue weighted by Crippen LogP contribution is -2.57. The zero-order valence-corrected chi connectivity index (χ0v) is 25.1. The van der Waals surface area contributed by atoms with Crippen molar-refractivity contribution in [1.29, 1.82) is 0 Å². The molecule has 2 aliphatic rings. The summed E-state index contributed by atoms with van der Waals surface area (Å²) >= 11 is 0. The molecule has 0 bridgehead atoms. The lowest BCUT2D eigenvalue weighted by atomic mass is 9.89. The molecule has 11 heteroatoms. The predicted octanol–water partition coefficient (Wildman–Crippen LogP) is 3.87. The summed E-state index contributed by atoms with van der Waals surface area (Å²) < 4.78 is 31.4. The van der Waals surface area contributed by atoms with E-state index < -0.39 is 9.84 Å². The van der Waals surface area contributed by atoms with Crippen LogP contribution in [0, 0.1) is 12.8 Å². The van der Waals surface area contributed by atoms with Crippen LogP contribution in [0.2, 0.25) is 0 Å². The molecule has 4 aromatic rings. The van der Waals surface area contributed by atoms with Crippen LogP contribution in [0.15, 0.2) is 42.9 Å². The number of fused-ring (bicyclic) bond motifs is 1. The topological polar surface area (TPSA) is 106 Å². The Labute approximate surface area is 241 Å². The highest BCUT2D eigenvalue weighted by atomic mass is 32.2. The molecular weight excluding hydrogens is 538 g/mol. The maximum Gasteiger partial charge on any atom is 0.156 e. The second-order valence-electron chi connectivity index (χ2n) is 11.6. The first-order chi connectivity index (χ1) is 19.6. The average Bonchev–Trinajstić information content (AvgIpc) is 3.39. The second kappa shape index (κ2) is 10.7. The molecule has 6 heterocycles. The van der Waals surface area contributed by atoms with E-state index in [0.717, 1.165) is 71.0 Å². The van der Waals surface area contributed by atoms with E-state index in [4.69, 9.17) is 19.8 Å². The number of nitrogens with zero attached hydrogens (tertiary/aromatic N) is 7. The van der Waals surface area contributed by atoms with Gasteiger partial charge in [0.1, 0.15) is 15.6 Å². The summed E-state index contributed by atoms with van der Waals surface area (Å²) in [5.41, 5.74) is 5.46. The summed E-state index contributed by atoms with van der Waals surface area (Å²) in [6.07, 6.45) is 8.73. The molecule has 6 rings (SSSR count). The first-order valence-electron chi connectivity index (χ1n) is 14.1. The number of sulfone groups is 1. The van der Waals surface area contributed by atoms with Crippen LogP contribution in [0.5, 0.6) is 5.75 Å². The smallest absolute Gasteiger partial charge is 0.156 e. The Hall–Kier alpha value is -3.57. The molecule has 2 atom stereocenters. The van der Waals surface area contributed by atoms with Crippen LogP contribution in [0.1, 0.15) is 37.1 Å². The number of hydrogen-bond donors (Lipinski definition) is 0. The molecule has 216 valence electrons. The number of piperidine rings is 1. The van der Waals surface area contributed by atoms with Crippen molar-refractivity contribution < 1.29 is 13.2 Å². The average molecular weight is 576 g/mol. The number of likely N-dealkylation sites (tertiary alicyclic amines) is 1. The highest BCUT2D eigenvalue weighted by Crippen LogP contribution is 2.37. The van der Waals surface area contributed by atoms with Crippen LogP contribution in [-0.4, -0.2) is 89.9 Å². The molecule has 0 saturated carbocycles. The van der Waals surface area contributed by atoms with Gasteiger partial charge in [-0.25, -0.2) is 18.1 Å². The van der Waals surface area contributed by atoms with Gasteiger partial charge in [-0.2, -0.15) is 5.10 Å². The van der Waals surface area contributed by atoms with E-state index in [9.17, 15) is 8.42 Å². The lowest BCUT2D eigenvalue weighted by molar-refractivity contribution is 0.253. The van der Waals surface area contributed by atoms with E-state index in [0.29, 0.717) is 18.2 Å². The van der Waals surface area contributed by atoms with Gasteiger partial charge in [0.2, 0.25) is 0 Å². The van der Waals surface area contributed by atoms with E-state index in [1.807, 2.05) is 29.9 Å². The molecule has 0 aliphatic carbocycles. The SMILES string of the molecule is COc1ccncc1-c1cc2c(cnn2-c2cc(N3C[C@H](CS(C)(=O)=O)[C@H]3C)cc(C3CCN(C)CC3)n2)c(C)n1. The van der Waals surface area contributed by atoms with Gasteiger partial charge in [-0.3, -0.25) is 9.97 Å². The number of methoxy groups -OCH3 is 1. The Morgan fingerprint density at radius 3 is 2.59 bits per heavy atom. The molecule has 2 aliphatic heterocycles. The standard InChI is InChI=1S/C30H37N7O3S/c1-19-24-16-32-37(28(24)14-27(33-19)25-15-31-9-6-29(25)40-4)30-13-23(36-17-22(20(36)2)18-41(5,38)39)12-26(34-30)21-7-10-35(3)11-8-21/h6,9,12-16,20-22H,7-8,10-11,17-18H2,1-5H3/t20-,22-/m1/s1. The summed E-state index contributed by atoms with van der Waals surface area (Å²) in [5, 5.41) is 5.74. The van der Waals surface area contributed by atoms with Crippen molar-refractivity contribution in [3.63, 3.8) is 0 Å². The third-order valence-electron chi connectivity index (χ3n) is 8.66. The highest BCUT2D eigenvalue weighted by Gasteiger charge is 2.38. The van der Waals surface area contributed by atoms with Gasteiger partial charge in [0.25, 0.3) is 0 Å². The fourth-order valence-electron chi connectivity index (χ4n) is 6.17. The molecule has 0 unspecified atom stereocenters. The van der Waals surface area contributed by atoms with Crippen molar-refractivity contribution in [3.05, 3.63) is 54.2 Å². The minimum atomic E-state index is -3.03. The lowest BCUT2D eigenvalue weighted by Gasteiger charge is -2.48. The molecular formula is C30H37N7O3S. The number of aryl methyl sites for hydroxylation is 1. The Balaban J connectivity index is 1.44. The number of hydrogen-bond acceptors (Lipinski definition) is 9. The van der Waals surface area contributed by atoms with Crippen molar-refractivity contribution in [2.75, 3.05) is 50.7 Å². The summed E-state index contributed by atoms with van der Waals surface area (Å²) in [4.78, 5) is 19.0. The first kappa shape index (κ1) is 27.6. The van der Waals surface area contributed by atoms with Crippen LogP contribution in [0.3, 0.4) is 0 Å². The van der Waals surface area contributed by atoms with Gasteiger partial charge < -0.3 is 14.5 Å². The third-order valence-corrected chi connectivity index (χ3v) is 9.69. The van der Waals surface area contributed by atoms with E-state index >= 15 is 0 Å². The molecule has 2 saturated heterocycles. The van der Waals surface area contributed by atoms with Crippen LogP contribution in [0.25, 0.3) is 28.0 Å². The summed E-state index contributed by atoms with van der Waals surface area (Å²) in [6.45, 7) is 6.87. The zero-order valence-electron chi connectivity index (χ0n) is 24.3. The molecule has 0 radical (unpaired) electrons. The van der Waals surface area contributed by atoms with Crippen LogP contribution < -0.4 is 9.64 Å². The maximum atomic E-state index is 12.0. The minimum absolute atomic E-state index is 0.115. The monoisotopic (exact) mass is 575 g/mol. The van der Waals surface area contributed by atoms with Crippen molar-refractivity contribution in [2.45, 2.75) is 38.6 Å². The van der Waals surface area contributed by atoms with Gasteiger partial charge in [0.05, 0.1) is 35.8 Å². The van der Waals surface area contributed by atoms with Gasteiger partial charge in [0, 0.05) is 71.6 Å². The Morgan fingerprint density at radius 1 is 1.10 bits per heavy atom. The second-order valence-corrected chi connectivity index (χ2v) is 13.8. The summed E-state index contributed by atoms with van der Waals surface area (Å²) in [6, 6.07) is 8.26. The number of anilines is 1. The Kier molecular flexibility index (Phi) is 7.19. The minimum Gasteiger partial charge on any atom is -0.496 e. The molecule has 0 N–H and O–H groups in total. The largest absolute Gasteiger partial charge is 0.496 e. The quantitative estimate of drug-likeness (QED) is 0.325. The van der Waals surface area contributed by atoms with Crippen LogP contribution >= 0.6 is 0 Å². The van der Waals surface area contributed by atoms with Crippen molar-refractivity contribution in [1.82, 2.24) is 29.6 Å². The van der Waals surface area contributed by atoms with Gasteiger partial charge >= 0.3 is 0 Å². The Morgan fingerprint density at radius 2 is 1.88 bits per heavy atom. The normalized spacial score (nSPS) is 20.4. The number of pyridine rings is 3. The fourth-order valence-corrected chi connectivity index (χ4v) is 7.33. The third kappa shape index (κ3) is 5.40. The molecule has 0 spiro atoms. The van der Waals surface area contributed by atoms with Gasteiger partial charge in [-0.05, 0) is 65.0 Å². The van der Waals surface area contributed by atoms with Crippen LogP contribution in [0.4, 0.5) is 5.69 Å². The summed E-state index contributed by atoms with van der Waals surface area (Å²) in [7, 11) is 0.773. The zero-order chi connectivity index (χ0) is 28.9. The molecule has 41 heavy (non-hydrogen) atoms. The van der Waals surface area contributed by atoms with Crippen molar-refractivity contribution in [2.24, 2.45) is 5.92 Å². The predicted molar refractivity (Wildman–Crippen MR) is 161 cm³/mol. The molecule has 2 fully saturated rings. The fraction of sp³-hybridized carbons (Fsp3) is 0.467. The molecule has 0 aromatic carbocycles. The Bertz CT molecular complexity index is 1700. The molecule has 4 aromatic heterocycles.